The maximum Gasteiger partial charge on any atom is 0.308 e. The van der Waals surface area contributed by atoms with Crippen molar-refractivity contribution in [3.63, 3.8) is 0 Å². The molecule has 4 rings (SSSR count). The van der Waals surface area contributed by atoms with Gasteiger partial charge in [-0.3, -0.25) is 9.59 Å². The first kappa shape index (κ1) is 20.3. The van der Waals surface area contributed by atoms with Crippen molar-refractivity contribution in [2.45, 2.75) is 44.6 Å². The number of methoxy groups -OCH3 is 1. The van der Waals surface area contributed by atoms with Crippen molar-refractivity contribution < 1.29 is 18.7 Å². The van der Waals surface area contributed by atoms with E-state index < -0.39 is 5.82 Å². The molecule has 1 saturated carbocycles. The number of hydrogen-bond acceptors (Lipinski definition) is 6. The van der Waals surface area contributed by atoms with E-state index in [1.807, 2.05) is 6.07 Å². The number of carbonyl (C=O) groups excluding carboxylic acids is 2. The van der Waals surface area contributed by atoms with Crippen LogP contribution in [-0.2, 0) is 14.3 Å². The molecule has 1 aromatic carbocycles. The van der Waals surface area contributed by atoms with Gasteiger partial charge >= 0.3 is 5.97 Å². The number of ether oxygens (including phenoxy) is 1. The molecule has 0 bridgehead atoms. The molecule has 1 saturated heterocycles. The molecule has 2 aromatic rings. The zero-order chi connectivity index (χ0) is 21.1. The Bertz CT molecular complexity index is 944. The van der Waals surface area contributed by atoms with Gasteiger partial charge < -0.3 is 15.0 Å². The standard InChI is InChI=1S/C22H25FN4O3/c1-30-21(29)14-7-9-16(10-8-14)25-22-24-13-18(23)20(26-22)15-4-2-5-17(12-15)27-11-3-6-19(27)28/h2,4-5,12-14,16H,3,6-11H2,1H3,(H,24,25,26). The molecule has 1 N–H and O–H groups in total. The zero-order valence-electron chi connectivity index (χ0n) is 16.9. The normalized spacial score (nSPS) is 21.5. The van der Waals surface area contributed by atoms with Crippen molar-refractivity contribution in [1.82, 2.24) is 9.97 Å². The predicted octanol–water partition coefficient (Wildman–Crippen LogP) is 3.55. The smallest absolute Gasteiger partial charge is 0.308 e. The highest BCUT2D eigenvalue weighted by atomic mass is 19.1. The molecule has 158 valence electrons. The molecule has 1 aromatic heterocycles. The molecule has 2 heterocycles. The lowest BCUT2D eigenvalue weighted by Gasteiger charge is -2.27. The molecule has 2 fully saturated rings. The lowest BCUT2D eigenvalue weighted by molar-refractivity contribution is -0.146. The summed E-state index contributed by atoms with van der Waals surface area (Å²) in [5.74, 6) is -0.297. The second kappa shape index (κ2) is 8.77. The minimum absolute atomic E-state index is 0.0613. The van der Waals surface area contributed by atoms with Crippen LogP contribution in [0.3, 0.4) is 0 Å². The van der Waals surface area contributed by atoms with E-state index in [2.05, 4.69) is 15.3 Å². The SMILES string of the molecule is COC(=O)C1CCC(Nc2ncc(F)c(-c3cccc(N4CCCC4=O)c3)n2)CC1. The van der Waals surface area contributed by atoms with E-state index >= 15 is 0 Å². The van der Waals surface area contributed by atoms with Crippen LogP contribution < -0.4 is 10.2 Å². The molecule has 2 aliphatic rings. The number of hydrogen-bond donors (Lipinski definition) is 1. The quantitative estimate of drug-likeness (QED) is 0.756. The molecule has 1 aliphatic carbocycles. The lowest BCUT2D eigenvalue weighted by atomic mass is 9.86. The number of halogens is 1. The molecule has 30 heavy (non-hydrogen) atoms. The van der Waals surface area contributed by atoms with Crippen molar-refractivity contribution in [3.8, 4) is 11.3 Å². The van der Waals surface area contributed by atoms with Crippen LogP contribution in [0.5, 0.6) is 0 Å². The van der Waals surface area contributed by atoms with Gasteiger partial charge in [-0.2, -0.15) is 0 Å². The topological polar surface area (TPSA) is 84.4 Å². The fourth-order valence-corrected chi connectivity index (χ4v) is 4.20. The van der Waals surface area contributed by atoms with Gasteiger partial charge in [0.25, 0.3) is 0 Å². The van der Waals surface area contributed by atoms with Crippen LogP contribution in [0.4, 0.5) is 16.0 Å². The molecule has 8 heteroatoms. The minimum atomic E-state index is -0.514. The number of anilines is 2. The summed E-state index contributed by atoms with van der Waals surface area (Å²) in [5.41, 5.74) is 1.55. The van der Waals surface area contributed by atoms with E-state index in [4.69, 9.17) is 4.74 Å². The van der Waals surface area contributed by atoms with Gasteiger partial charge in [0.2, 0.25) is 11.9 Å². The van der Waals surface area contributed by atoms with Gasteiger partial charge in [-0.25, -0.2) is 14.4 Å². The van der Waals surface area contributed by atoms with Crippen LogP contribution >= 0.6 is 0 Å². The van der Waals surface area contributed by atoms with Gasteiger partial charge in [0.1, 0.15) is 5.69 Å². The molecular weight excluding hydrogens is 387 g/mol. The second-order valence-corrected chi connectivity index (χ2v) is 7.81. The average molecular weight is 412 g/mol. The first-order valence-corrected chi connectivity index (χ1v) is 10.3. The van der Waals surface area contributed by atoms with Gasteiger partial charge in [0.15, 0.2) is 5.82 Å². The van der Waals surface area contributed by atoms with Gasteiger partial charge in [-0.1, -0.05) is 12.1 Å². The Labute approximate surface area is 174 Å². The van der Waals surface area contributed by atoms with E-state index in [1.165, 1.54) is 13.3 Å². The Balaban J connectivity index is 1.49. The Morgan fingerprint density at radius 3 is 2.77 bits per heavy atom. The molecule has 7 nitrogen and oxygen atoms in total. The molecule has 1 aliphatic heterocycles. The summed E-state index contributed by atoms with van der Waals surface area (Å²) in [5, 5.41) is 3.27. The molecular formula is C22H25FN4O3. The third-order valence-corrected chi connectivity index (χ3v) is 5.84. The summed E-state index contributed by atoms with van der Waals surface area (Å²) < 4.78 is 19.3. The van der Waals surface area contributed by atoms with E-state index in [0.717, 1.165) is 37.8 Å². The van der Waals surface area contributed by atoms with Gasteiger partial charge in [-0.05, 0) is 44.2 Å². The number of nitrogens with one attached hydrogen (secondary N) is 1. The molecule has 0 unspecified atom stereocenters. The lowest BCUT2D eigenvalue weighted by Crippen LogP contribution is -2.30. The second-order valence-electron chi connectivity index (χ2n) is 7.81. The zero-order valence-corrected chi connectivity index (χ0v) is 16.9. The maximum atomic E-state index is 14.5. The van der Waals surface area contributed by atoms with E-state index in [-0.39, 0.29) is 29.5 Å². The fraction of sp³-hybridized carbons (Fsp3) is 0.455. The number of amides is 1. The summed E-state index contributed by atoms with van der Waals surface area (Å²) in [6, 6.07) is 7.35. The monoisotopic (exact) mass is 412 g/mol. The minimum Gasteiger partial charge on any atom is -0.469 e. The van der Waals surface area contributed by atoms with Crippen molar-refractivity contribution in [2.75, 3.05) is 23.9 Å². The summed E-state index contributed by atoms with van der Waals surface area (Å²) >= 11 is 0. The third kappa shape index (κ3) is 4.27. The first-order valence-electron chi connectivity index (χ1n) is 10.3. The van der Waals surface area contributed by atoms with Crippen LogP contribution in [0.2, 0.25) is 0 Å². The fourth-order valence-electron chi connectivity index (χ4n) is 4.20. The van der Waals surface area contributed by atoms with E-state index in [0.29, 0.717) is 24.5 Å². The molecule has 0 spiro atoms. The molecule has 0 radical (unpaired) electrons. The largest absolute Gasteiger partial charge is 0.469 e. The Morgan fingerprint density at radius 2 is 2.07 bits per heavy atom. The van der Waals surface area contributed by atoms with Gasteiger partial charge in [0.05, 0.1) is 19.2 Å². The van der Waals surface area contributed by atoms with Crippen molar-refractivity contribution >= 4 is 23.5 Å². The van der Waals surface area contributed by atoms with Crippen LogP contribution in [0, 0.1) is 11.7 Å². The van der Waals surface area contributed by atoms with Gasteiger partial charge in [-0.15, -0.1) is 0 Å². The van der Waals surface area contributed by atoms with Crippen LogP contribution in [0.1, 0.15) is 38.5 Å². The Kier molecular flexibility index (Phi) is 5.92. The first-order chi connectivity index (χ1) is 14.5. The van der Waals surface area contributed by atoms with Gasteiger partial charge in [0, 0.05) is 30.3 Å². The van der Waals surface area contributed by atoms with E-state index in [1.54, 1.807) is 23.1 Å². The Morgan fingerprint density at radius 1 is 1.27 bits per heavy atom. The Hall–Kier alpha value is -3.03. The number of aromatic nitrogens is 2. The average Bonchev–Trinajstić information content (AvgIpc) is 3.21. The van der Waals surface area contributed by atoms with Crippen LogP contribution in [0.25, 0.3) is 11.3 Å². The number of rotatable bonds is 5. The maximum absolute atomic E-state index is 14.5. The molecule has 0 atom stereocenters. The number of esters is 1. The highest BCUT2D eigenvalue weighted by Crippen LogP contribution is 2.30. The number of benzene rings is 1. The highest BCUT2D eigenvalue weighted by molar-refractivity contribution is 5.95. The number of nitrogens with zero attached hydrogens (tertiary/aromatic N) is 3. The van der Waals surface area contributed by atoms with Crippen LogP contribution in [-0.4, -0.2) is 41.5 Å². The van der Waals surface area contributed by atoms with E-state index in [9.17, 15) is 14.0 Å². The van der Waals surface area contributed by atoms with Crippen molar-refractivity contribution in [3.05, 3.63) is 36.3 Å². The molecule has 1 amide bonds. The van der Waals surface area contributed by atoms with Crippen molar-refractivity contribution in [1.29, 1.82) is 0 Å². The number of carbonyl (C=O) groups is 2. The third-order valence-electron chi connectivity index (χ3n) is 5.84. The highest BCUT2D eigenvalue weighted by Gasteiger charge is 2.27. The van der Waals surface area contributed by atoms with Crippen molar-refractivity contribution in [2.24, 2.45) is 5.92 Å². The van der Waals surface area contributed by atoms with Crippen LogP contribution in [0.15, 0.2) is 30.5 Å². The summed E-state index contributed by atoms with van der Waals surface area (Å²) in [6.07, 6.45) is 5.60. The summed E-state index contributed by atoms with van der Waals surface area (Å²) in [7, 11) is 1.41. The predicted molar refractivity (Wildman–Crippen MR) is 110 cm³/mol. The summed E-state index contributed by atoms with van der Waals surface area (Å²) in [6.45, 7) is 0.676. The summed E-state index contributed by atoms with van der Waals surface area (Å²) in [4.78, 5) is 33.9.